The van der Waals surface area contributed by atoms with Crippen molar-refractivity contribution < 1.29 is 14.4 Å². The number of non-ortho nitro benzene ring substituents is 1. The van der Waals surface area contributed by atoms with Gasteiger partial charge in [-0.25, -0.2) is 0 Å². The highest BCUT2D eigenvalue weighted by Crippen LogP contribution is 2.22. The minimum atomic E-state index is -0.463. The number of benzene rings is 1. The molecule has 1 rings (SSSR count). The zero-order valence-electron chi connectivity index (χ0n) is 10.9. The number of ether oxygens (including phenoxy) is 2. The number of nitrogens with zero attached hydrogens (tertiary/aromatic N) is 1. The maximum atomic E-state index is 10.7. The first-order chi connectivity index (χ1) is 9.13. The van der Waals surface area contributed by atoms with Crippen LogP contribution in [-0.2, 0) is 9.47 Å². The predicted molar refractivity (Wildman–Crippen MR) is 73.3 cm³/mol. The van der Waals surface area contributed by atoms with Crippen LogP contribution in [0.25, 0.3) is 0 Å². The van der Waals surface area contributed by atoms with Crippen molar-refractivity contribution in [2.75, 3.05) is 44.5 Å². The molecule has 0 aromatic heterocycles. The zero-order valence-corrected chi connectivity index (χ0v) is 10.9. The van der Waals surface area contributed by atoms with Crippen molar-refractivity contribution in [1.29, 1.82) is 0 Å². The van der Waals surface area contributed by atoms with E-state index in [0.29, 0.717) is 37.7 Å². The molecule has 7 nitrogen and oxygen atoms in total. The number of methoxy groups -OCH3 is 1. The Hall–Kier alpha value is -1.86. The van der Waals surface area contributed by atoms with E-state index < -0.39 is 4.92 Å². The van der Waals surface area contributed by atoms with Crippen LogP contribution in [0.5, 0.6) is 0 Å². The first-order valence-electron chi connectivity index (χ1n) is 5.99. The molecule has 0 amide bonds. The standard InChI is InChI=1S/C12H19N3O4/c1-18-5-6-19-4-2-3-14-11-7-10(13)8-12(9-11)15(16)17/h7-9,14H,2-6,13H2,1H3. The first kappa shape index (κ1) is 15.2. The topological polar surface area (TPSA) is 99.7 Å². The lowest BCUT2D eigenvalue weighted by atomic mass is 10.2. The number of nitrogens with one attached hydrogen (secondary N) is 1. The van der Waals surface area contributed by atoms with Gasteiger partial charge in [0.2, 0.25) is 0 Å². The summed E-state index contributed by atoms with van der Waals surface area (Å²) in [6.07, 6.45) is 0.798. The Morgan fingerprint density at radius 2 is 2.11 bits per heavy atom. The lowest BCUT2D eigenvalue weighted by molar-refractivity contribution is -0.384. The third kappa shape index (κ3) is 6.03. The second-order valence-electron chi connectivity index (χ2n) is 3.96. The maximum absolute atomic E-state index is 10.7. The average Bonchev–Trinajstić information content (AvgIpc) is 2.37. The number of nitro groups is 1. The number of anilines is 2. The molecule has 106 valence electrons. The summed E-state index contributed by atoms with van der Waals surface area (Å²) >= 11 is 0. The van der Waals surface area contributed by atoms with Crippen LogP contribution in [0, 0.1) is 10.1 Å². The van der Waals surface area contributed by atoms with Crippen molar-refractivity contribution in [3.63, 3.8) is 0 Å². The third-order valence-electron chi connectivity index (χ3n) is 2.38. The van der Waals surface area contributed by atoms with Gasteiger partial charge in [-0.15, -0.1) is 0 Å². The minimum Gasteiger partial charge on any atom is -0.398 e. The van der Waals surface area contributed by atoms with Gasteiger partial charge in [-0.05, 0) is 12.5 Å². The average molecular weight is 269 g/mol. The van der Waals surface area contributed by atoms with Crippen molar-refractivity contribution in [2.24, 2.45) is 0 Å². The van der Waals surface area contributed by atoms with E-state index in [2.05, 4.69) is 5.32 Å². The second kappa shape index (κ2) is 8.28. The summed E-state index contributed by atoms with van der Waals surface area (Å²) in [5.74, 6) is 0. The highest BCUT2D eigenvalue weighted by atomic mass is 16.6. The maximum Gasteiger partial charge on any atom is 0.273 e. The van der Waals surface area contributed by atoms with Crippen molar-refractivity contribution in [2.45, 2.75) is 6.42 Å². The van der Waals surface area contributed by atoms with Crippen LogP contribution < -0.4 is 11.1 Å². The molecule has 1 aromatic carbocycles. The van der Waals surface area contributed by atoms with Crippen molar-refractivity contribution in [3.05, 3.63) is 28.3 Å². The van der Waals surface area contributed by atoms with E-state index in [1.54, 1.807) is 13.2 Å². The lowest BCUT2D eigenvalue weighted by Crippen LogP contribution is -2.08. The summed E-state index contributed by atoms with van der Waals surface area (Å²) < 4.78 is 10.1. The van der Waals surface area contributed by atoms with E-state index in [1.807, 2.05) is 0 Å². The fraction of sp³-hybridized carbons (Fsp3) is 0.500. The van der Waals surface area contributed by atoms with E-state index in [1.165, 1.54) is 12.1 Å². The fourth-order valence-corrected chi connectivity index (χ4v) is 1.49. The molecule has 0 aliphatic heterocycles. The molecule has 0 radical (unpaired) electrons. The molecule has 0 aliphatic carbocycles. The molecule has 0 saturated heterocycles. The van der Waals surface area contributed by atoms with Crippen LogP contribution in [0.3, 0.4) is 0 Å². The summed E-state index contributed by atoms with van der Waals surface area (Å²) in [6, 6.07) is 4.46. The number of hydrogen-bond donors (Lipinski definition) is 2. The Morgan fingerprint density at radius 3 is 2.79 bits per heavy atom. The lowest BCUT2D eigenvalue weighted by Gasteiger charge is -2.07. The quantitative estimate of drug-likeness (QED) is 0.306. The molecule has 3 N–H and O–H groups in total. The van der Waals surface area contributed by atoms with Crippen LogP contribution >= 0.6 is 0 Å². The Kier molecular flexibility index (Phi) is 6.62. The summed E-state index contributed by atoms with van der Waals surface area (Å²) in [6.45, 7) is 2.42. The summed E-state index contributed by atoms with van der Waals surface area (Å²) in [5.41, 5.74) is 6.60. The first-order valence-corrected chi connectivity index (χ1v) is 5.99. The fourth-order valence-electron chi connectivity index (χ4n) is 1.49. The van der Waals surface area contributed by atoms with Gasteiger partial charge >= 0.3 is 0 Å². The normalized spacial score (nSPS) is 10.4. The van der Waals surface area contributed by atoms with Crippen molar-refractivity contribution in [3.8, 4) is 0 Å². The van der Waals surface area contributed by atoms with Gasteiger partial charge in [0, 0.05) is 43.8 Å². The number of nitrogens with two attached hydrogens (primary N) is 1. The van der Waals surface area contributed by atoms with Crippen molar-refractivity contribution >= 4 is 17.1 Å². The van der Waals surface area contributed by atoms with Crippen LogP contribution in [-0.4, -0.2) is 38.4 Å². The smallest absolute Gasteiger partial charge is 0.273 e. The van der Waals surface area contributed by atoms with Gasteiger partial charge in [0.05, 0.1) is 18.1 Å². The molecule has 0 heterocycles. The van der Waals surface area contributed by atoms with Crippen LogP contribution in [0.15, 0.2) is 18.2 Å². The molecule has 19 heavy (non-hydrogen) atoms. The molecule has 0 spiro atoms. The Labute approximate surface area is 111 Å². The molecule has 7 heteroatoms. The SMILES string of the molecule is COCCOCCCNc1cc(N)cc([N+](=O)[O-])c1. The van der Waals surface area contributed by atoms with Gasteiger partial charge in [0.15, 0.2) is 0 Å². The minimum absolute atomic E-state index is 0.0150. The zero-order chi connectivity index (χ0) is 14.1. The summed E-state index contributed by atoms with van der Waals surface area (Å²) in [7, 11) is 1.62. The monoisotopic (exact) mass is 269 g/mol. The second-order valence-corrected chi connectivity index (χ2v) is 3.96. The van der Waals surface area contributed by atoms with E-state index in [9.17, 15) is 10.1 Å². The molecule has 0 saturated carbocycles. The summed E-state index contributed by atoms with van der Waals surface area (Å²) in [5, 5.41) is 13.7. The van der Waals surface area contributed by atoms with E-state index in [4.69, 9.17) is 15.2 Å². The molecular formula is C12H19N3O4. The van der Waals surface area contributed by atoms with Gasteiger partial charge in [-0.2, -0.15) is 0 Å². The third-order valence-corrected chi connectivity index (χ3v) is 2.38. The molecular weight excluding hydrogens is 250 g/mol. The number of hydrogen-bond acceptors (Lipinski definition) is 6. The molecule has 0 aliphatic rings. The van der Waals surface area contributed by atoms with Gasteiger partial charge in [-0.1, -0.05) is 0 Å². The van der Waals surface area contributed by atoms with E-state index >= 15 is 0 Å². The molecule has 0 unspecified atom stereocenters. The van der Waals surface area contributed by atoms with Gasteiger partial charge < -0.3 is 20.5 Å². The van der Waals surface area contributed by atoms with Crippen molar-refractivity contribution in [1.82, 2.24) is 0 Å². The number of nitro benzene ring substituents is 1. The highest BCUT2D eigenvalue weighted by Gasteiger charge is 2.07. The van der Waals surface area contributed by atoms with E-state index in [0.717, 1.165) is 6.42 Å². The highest BCUT2D eigenvalue weighted by molar-refractivity contribution is 5.61. The number of rotatable bonds is 9. The molecule has 1 aromatic rings. The Bertz CT molecular complexity index is 412. The summed E-state index contributed by atoms with van der Waals surface area (Å²) in [4.78, 5) is 10.2. The van der Waals surface area contributed by atoms with E-state index in [-0.39, 0.29) is 5.69 Å². The predicted octanol–water partition coefficient (Wildman–Crippen LogP) is 1.64. The Balaban J connectivity index is 2.31. The molecule has 0 bridgehead atoms. The van der Waals surface area contributed by atoms with Gasteiger partial charge in [0.25, 0.3) is 5.69 Å². The molecule has 0 atom stereocenters. The van der Waals surface area contributed by atoms with Gasteiger partial charge in [0.1, 0.15) is 0 Å². The molecule has 0 fully saturated rings. The Morgan fingerprint density at radius 1 is 1.32 bits per heavy atom. The van der Waals surface area contributed by atoms with Gasteiger partial charge in [-0.3, -0.25) is 10.1 Å². The van der Waals surface area contributed by atoms with Crippen LogP contribution in [0.4, 0.5) is 17.1 Å². The van der Waals surface area contributed by atoms with Crippen LogP contribution in [0.2, 0.25) is 0 Å². The number of nitrogen functional groups attached to an aromatic ring is 1. The largest absolute Gasteiger partial charge is 0.398 e. The van der Waals surface area contributed by atoms with Crippen LogP contribution in [0.1, 0.15) is 6.42 Å².